The van der Waals surface area contributed by atoms with E-state index in [-0.39, 0.29) is 12.2 Å². The van der Waals surface area contributed by atoms with Crippen LogP contribution in [-0.4, -0.2) is 6.79 Å². The fourth-order valence-corrected chi connectivity index (χ4v) is 2.54. The zero-order valence-corrected chi connectivity index (χ0v) is 9.41. The number of fused-ring (bicyclic) bond motifs is 1. The molecule has 3 heteroatoms. The number of aryl methyl sites for hydroxylation is 1. The minimum atomic E-state index is -0.287. The quantitative estimate of drug-likeness (QED) is 0.722. The number of ether oxygens (including phenoxy) is 2. The number of nitrogens with zero attached hydrogens (tertiary/aromatic N) is 1. The van der Waals surface area contributed by atoms with Crippen molar-refractivity contribution in [1.29, 1.82) is 5.26 Å². The number of benzene rings is 1. The Morgan fingerprint density at radius 2 is 2.00 bits per heavy atom. The van der Waals surface area contributed by atoms with Crippen molar-refractivity contribution in [2.45, 2.75) is 25.7 Å². The Labute approximate surface area is 94.6 Å². The molecule has 1 saturated carbocycles. The predicted octanol–water partition coefficient (Wildman–Crippen LogP) is 2.52. The van der Waals surface area contributed by atoms with Crippen molar-refractivity contribution in [1.82, 2.24) is 0 Å². The first-order valence-corrected chi connectivity index (χ1v) is 5.49. The molecule has 1 aliphatic heterocycles. The van der Waals surface area contributed by atoms with Gasteiger partial charge in [0, 0.05) is 0 Å². The summed E-state index contributed by atoms with van der Waals surface area (Å²) in [5, 5.41) is 9.33. The predicted molar refractivity (Wildman–Crippen MR) is 58.4 cm³/mol. The molecule has 2 atom stereocenters. The van der Waals surface area contributed by atoms with Gasteiger partial charge in [-0.15, -0.1) is 0 Å². The van der Waals surface area contributed by atoms with E-state index in [0.717, 1.165) is 29.0 Å². The van der Waals surface area contributed by atoms with Gasteiger partial charge in [0.05, 0.1) is 11.5 Å². The van der Waals surface area contributed by atoms with E-state index in [2.05, 4.69) is 13.0 Å². The molecule has 0 amide bonds. The van der Waals surface area contributed by atoms with E-state index in [1.165, 1.54) is 0 Å². The summed E-state index contributed by atoms with van der Waals surface area (Å²) >= 11 is 0. The molecule has 0 N–H and O–H groups in total. The number of nitriles is 1. The van der Waals surface area contributed by atoms with Crippen LogP contribution in [0.4, 0.5) is 0 Å². The van der Waals surface area contributed by atoms with Crippen LogP contribution in [0.1, 0.15) is 24.5 Å². The van der Waals surface area contributed by atoms with Gasteiger partial charge in [-0.2, -0.15) is 5.26 Å². The lowest BCUT2D eigenvalue weighted by Gasteiger charge is -2.12. The fraction of sp³-hybridized carbons (Fsp3) is 0.462. The van der Waals surface area contributed by atoms with Crippen LogP contribution < -0.4 is 9.47 Å². The highest BCUT2D eigenvalue weighted by Gasteiger charge is 2.54. The highest BCUT2D eigenvalue weighted by molar-refractivity contribution is 5.55. The minimum Gasteiger partial charge on any atom is -0.454 e. The Morgan fingerprint density at radius 3 is 2.56 bits per heavy atom. The van der Waals surface area contributed by atoms with Gasteiger partial charge < -0.3 is 9.47 Å². The molecule has 1 fully saturated rings. The summed E-state index contributed by atoms with van der Waals surface area (Å²) in [5.74, 6) is 2.01. The molecular formula is C13H13NO2. The second-order valence-corrected chi connectivity index (χ2v) is 4.71. The van der Waals surface area contributed by atoms with Crippen LogP contribution in [0, 0.1) is 24.2 Å². The molecular weight excluding hydrogens is 202 g/mol. The summed E-state index contributed by atoms with van der Waals surface area (Å²) in [6.45, 7) is 4.43. The molecule has 0 radical (unpaired) electrons. The lowest BCUT2D eigenvalue weighted by atomic mass is 9.91. The van der Waals surface area contributed by atoms with Gasteiger partial charge in [-0.05, 0) is 42.5 Å². The molecule has 2 aliphatic rings. The van der Waals surface area contributed by atoms with Crippen molar-refractivity contribution in [3.8, 4) is 17.6 Å². The summed E-state index contributed by atoms with van der Waals surface area (Å²) < 4.78 is 10.7. The van der Waals surface area contributed by atoms with Gasteiger partial charge in [0.15, 0.2) is 11.5 Å². The van der Waals surface area contributed by atoms with Gasteiger partial charge in [-0.1, -0.05) is 6.92 Å². The molecule has 2 unspecified atom stereocenters. The third-order valence-electron chi connectivity index (χ3n) is 3.71. The van der Waals surface area contributed by atoms with Crippen LogP contribution in [-0.2, 0) is 5.41 Å². The lowest BCUT2D eigenvalue weighted by molar-refractivity contribution is 0.174. The summed E-state index contributed by atoms with van der Waals surface area (Å²) in [6.07, 6.45) is 0.948. The smallest absolute Gasteiger partial charge is 0.231 e. The van der Waals surface area contributed by atoms with Crippen molar-refractivity contribution in [2.24, 2.45) is 5.92 Å². The van der Waals surface area contributed by atoms with E-state index in [9.17, 15) is 5.26 Å². The second-order valence-electron chi connectivity index (χ2n) is 4.71. The average Bonchev–Trinajstić information content (AvgIpc) is 2.72. The maximum atomic E-state index is 9.33. The van der Waals surface area contributed by atoms with E-state index in [4.69, 9.17) is 9.47 Å². The normalized spacial score (nSPS) is 29.9. The van der Waals surface area contributed by atoms with Gasteiger partial charge in [0.25, 0.3) is 0 Å². The third kappa shape index (κ3) is 1.07. The Bertz CT molecular complexity index is 503. The number of rotatable bonds is 1. The molecule has 0 aromatic heterocycles. The summed E-state index contributed by atoms with van der Waals surface area (Å²) in [7, 11) is 0. The first kappa shape index (κ1) is 9.53. The molecule has 3 rings (SSSR count). The van der Waals surface area contributed by atoms with Crippen LogP contribution in [0.5, 0.6) is 11.5 Å². The maximum absolute atomic E-state index is 9.33. The second kappa shape index (κ2) is 2.91. The minimum absolute atomic E-state index is 0.285. The van der Waals surface area contributed by atoms with Crippen LogP contribution in [0.25, 0.3) is 0 Å². The summed E-state index contributed by atoms with van der Waals surface area (Å²) in [4.78, 5) is 0. The van der Waals surface area contributed by atoms with Crippen molar-refractivity contribution in [2.75, 3.05) is 6.79 Å². The van der Waals surface area contributed by atoms with E-state index in [0.29, 0.717) is 5.92 Å². The molecule has 0 spiro atoms. The molecule has 16 heavy (non-hydrogen) atoms. The molecule has 1 aromatic rings. The molecule has 3 nitrogen and oxygen atoms in total. The van der Waals surface area contributed by atoms with Crippen molar-refractivity contribution in [3.63, 3.8) is 0 Å². The van der Waals surface area contributed by atoms with Crippen LogP contribution in [0.2, 0.25) is 0 Å². The number of hydrogen-bond donors (Lipinski definition) is 0. The standard InChI is InChI=1S/C13H13NO2/c1-8-3-11-12(16-7-15-11)4-10(8)13(6-14)5-9(13)2/h3-4,9H,5,7H2,1-2H3. The lowest BCUT2D eigenvalue weighted by Crippen LogP contribution is -2.08. The largest absolute Gasteiger partial charge is 0.454 e. The SMILES string of the molecule is Cc1cc2c(cc1C1(C#N)CC1C)OCO2. The maximum Gasteiger partial charge on any atom is 0.231 e. The molecule has 1 aromatic carbocycles. The number of hydrogen-bond acceptors (Lipinski definition) is 3. The summed E-state index contributed by atoms with van der Waals surface area (Å²) in [6, 6.07) is 6.40. The van der Waals surface area contributed by atoms with Crippen molar-refractivity contribution >= 4 is 0 Å². The summed E-state index contributed by atoms with van der Waals surface area (Å²) in [5.41, 5.74) is 1.94. The topological polar surface area (TPSA) is 42.2 Å². The van der Waals surface area contributed by atoms with E-state index >= 15 is 0 Å². The van der Waals surface area contributed by atoms with Gasteiger partial charge in [0.1, 0.15) is 0 Å². The highest BCUT2D eigenvalue weighted by atomic mass is 16.7. The highest BCUT2D eigenvalue weighted by Crippen LogP contribution is 2.55. The zero-order chi connectivity index (χ0) is 11.3. The van der Waals surface area contributed by atoms with E-state index in [1.54, 1.807) is 0 Å². The van der Waals surface area contributed by atoms with Crippen LogP contribution in [0.3, 0.4) is 0 Å². The fourth-order valence-electron chi connectivity index (χ4n) is 2.54. The van der Waals surface area contributed by atoms with Crippen LogP contribution >= 0.6 is 0 Å². The Morgan fingerprint density at radius 1 is 1.38 bits per heavy atom. The Kier molecular flexibility index (Phi) is 1.74. The Balaban J connectivity index is 2.13. The van der Waals surface area contributed by atoms with Gasteiger partial charge in [-0.3, -0.25) is 0 Å². The van der Waals surface area contributed by atoms with Crippen molar-refractivity contribution < 1.29 is 9.47 Å². The molecule has 0 saturated heterocycles. The first-order valence-electron chi connectivity index (χ1n) is 5.49. The van der Waals surface area contributed by atoms with E-state index in [1.807, 2.05) is 19.1 Å². The van der Waals surface area contributed by atoms with E-state index < -0.39 is 0 Å². The van der Waals surface area contributed by atoms with Gasteiger partial charge in [0.2, 0.25) is 6.79 Å². The Hall–Kier alpha value is -1.69. The van der Waals surface area contributed by atoms with Gasteiger partial charge in [-0.25, -0.2) is 0 Å². The molecule has 1 heterocycles. The zero-order valence-electron chi connectivity index (χ0n) is 9.41. The van der Waals surface area contributed by atoms with Crippen molar-refractivity contribution in [3.05, 3.63) is 23.3 Å². The average molecular weight is 215 g/mol. The van der Waals surface area contributed by atoms with Gasteiger partial charge >= 0.3 is 0 Å². The monoisotopic (exact) mass is 215 g/mol. The third-order valence-corrected chi connectivity index (χ3v) is 3.71. The van der Waals surface area contributed by atoms with Crippen LogP contribution in [0.15, 0.2) is 12.1 Å². The molecule has 1 aliphatic carbocycles. The molecule has 0 bridgehead atoms. The first-order chi connectivity index (χ1) is 7.67. The molecule has 82 valence electrons.